The van der Waals surface area contributed by atoms with Crippen LogP contribution in [0.4, 0.5) is 0 Å². The molecule has 0 spiro atoms. The predicted molar refractivity (Wildman–Crippen MR) is 92.1 cm³/mol. The molecule has 3 aromatic rings. The van der Waals surface area contributed by atoms with Gasteiger partial charge in [0.2, 0.25) is 0 Å². The van der Waals surface area contributed by atoms with Crippen LogP contribution in [0.1, 0.15) is 33.5 Å². The fourth-order valence-electron chi connectivity index (χ4n) is 2.26. The van der Waals surface area contributed by atoms with Gasteiger partial charge in [0.15, 0.2) is 5.78 Å². The van der Waals surface area contributed by atoms with E-state index in [2.05, 4.69) is 4.98 Å². The molecule has 0 atom stereocenters. The molecule has 2 heterocycles. The van der Waals surface area contributed by atoms with Gasteiger partial charge in [-0.2, -0.15) is 0 Å². The SMILES string of the molecule is CC(=O)c1cc(C(=O)OCc2csc(-c3ccccc3)n2)n(C)c1. The highest BCUT2D eigenvalue weighted by Gasteiger charge is 2.16. The Bertz CT molecular complexity index is 881. The van der Waals surface area contributed by atoms with Gasteiger partial charge in [-0.05, 0) is 13.0 Å². The van der Waals surface area contributed by atoms with E-state index in [0.29, 0.717) is 17.0 Å². The maximum Gasteiger partial charge on any atom is 0.355 e. The van der Waals surface area contributed by atoms with Crippen LogP contribution in [0.15, 0.2) is 48.0 Å². The van der Waals surface area contributed by atoms with Crippen molar-refractivity contribution in [2.45, 2.75) is 13.5 Å². The number of rotatable bonds is 5. The Labute approximate surface area is 143 Å². The Morgan fingerprint density at radius 2 is 2.00 bits per heavy atom. The average Bonchev–Trinajstić information content (AvgIpc) is 3.20. The Morgan fingerprint density at radius 1 is 1.25 bits per heavy atom. The zero-order valence-corrected chi connectivity index (χ0v) is 14.2. The molecule has 0 aliphatic heterocycles. The number of nitrogens with zero attached hydrogens (tertiary/aromatic N) is 2. The van der Waals surface area contributed by atoms with Crippen molar-refractivity contribution in [2.75, 3.05) is 0 Å². The third-order valence-electron chi connectivity index (χ3n) is 3.54. The number of thiazole rings is 1. The monoisotopic (exact) mass is 340 g/mol. The lowest BCUT2D eigenvalue weighted by Gasteiger charge is -2.03. The highest BCUT2D eigenvalue weighted by atomic mass is 32.1. The van der Waals surface area contributed by atoms with E-state index in [1.54, 1.807) is 23.9 Å². The molecule has 0 aliphatic rings. The van der Waals surface area contributed by atoms with E-state index in [0.717, 1.165) is 10.6 Å². The van der Waals surface area contributed by atoms with Crippen molar-refractivity contribution in [3.8, 4) is 10.6 Å². The lowest BCUT2D eigenvalue weighted by molar-refractivity contribution is 0.0457. The molecule has 0 bridgehead atoms. The molecule has 24 heavy (non-hydrogen) atoms. The Kier molecular flexibility index (Phi) is 4.57. The summed E-state index contributed by atoms with van der Waals surface area (Å²) in [6.45, 7) is 1.56. The number of carbonyl (C=O) groups is 2. The van der Waals surface area contributed by atoms with Crippen molar-refractivity contribution < 1.29 is 14.3 Å². The molecule has 5 nitrogen and oxygen atoms in total. The molecule has 6 heteroatoms. The van der Waals surface area contributed by atoms with E-state index in [4.69, 9.17) is 4.74 Å². The molecule has 2 aromatic heterocycles. The molecule has 0 saturated carbocycles. The Hall–Kier alpha value is -2.73. The van der Waals surface area contributed by atoms with Gasteiger partial charge in [0, 0.05) is 29.8 Å². The van der Waals surface area contributed by atoms with Crippen molar-refractivity contribution in [2.24, 2.45) is 7.05 Å². The van der Waals surface area contributed by atoms with Crippen LogP contribution in [0.5, 0.6) is 0 Å². The van der Waals surface area contributed by atoms with E-state index in [1.165, 1.54) is 18.3 Å². The van der Waals surface area contributed by atoms with Crippen LogP contribution in [0, 0.1) is 0 Å². The lowest BCUT2D eigenvalue weighted by Crippen LogP contribution is -2.09. The van der Waals surface area contributed by atoms with Gasteiger partial charge in [0.05, 0.1) is 5.69 Å². The number of aromatic nitrogens is 2. The van der Waals surface area contributed by atoms with Crippen molar-refractivity contribution >= 4 is 23.1 Å². The van der Waals surface area contributed by atoms with Crippen molar-refractivity contribution in [3.63, 3.8) is 0 Å². The van der Waals surface area contributed by atoms with Gasteiger partial charge >= 0.3 is 5.97 Å². The minimum Gasteiger partial charge on any atom is -0.454 e. The lowest BCUT2D eigenvalue weighted by atomic mass is 10.2. The number of esters is 1. The highest BCUT2D eigenvalue weighted by molar-refractivity contribution is 7.13. The number of ether oxygens (including phenoxy) is 1. The van der Waals surface area contributed by atoms with E-state index in [-0.39, 0.29) is 12.4 Å². The highest BCUT2D eigenvalue weighted by Crippen LogP contribution is 2.23. The van der Waals surface area contributed by atoms with Crippen LogP contribution in [0.25, 0.3) is 10.6 Å². The standard InChI is InChI=1S/C18H16N2O3S/c1-12(21)14-8-16(20(2)9-14)18(22)23-10-15-11-24-17(19-15)13-6-4-3-5-7-13/h3-9,11H,10H2,1-2H3. The van der Waals surface area contributed by atoms with Gasteiger partial charge in [-0.3, -0.25) is 4.79 Å². The van der Waals surface area contributed by atoms with Crippen LogP contribution in [0.2, 0.25) is 0 Å². The molecule has 0 N–H and O–H groups in total. The van der Waals surface area contributed by atoms with E-state index in [9.17, 15) is 9.59 Å². The van der Waals surface area contributed by atoms with Gasteiger partial charge in [0.1, 0.15) is 17.3 Å². The van der Waals surface area contributed by atoms with Gasteiger partial charge in [-0.15, -0.1) is 11.3 Å². The summed E-state index contributed by atoms with van der Waals surface area (Å²) in [7, 11) is 1.71. The maximum absolute atomic E-state index is 12.2. The second-order valence-electron chi connectivity index (χ2n) is 5.37. The molecule has 0 unspecified atom stereocenters. The Balaban J connectivity index is 1.67. The van der Waals surface area contributed by atoms with Gasteiger partial charge in [-0.25, -0.2) is 9.78 Å². The number of benzene rings is 1. The smallest absolute Gasteiger partial charge is 0.355 e. The van der Waals surface area contributed by atoms with E-state index < -0.39 is 5.97 Å². The quantitative estimate of drug-likeness (QED) is 0.525. The second kappa shape index (κ2) is 6.80. The summed E-state index contributed by atoms with van der Waals surface area (Å²) in [6, 6.07) is 11.4. The van der Waals surface area contributed by atoms with Gasteiger partial charge in [0.25, 0.3) is 0 Å². The number of hydrogen-bond donors (Lipinski definition) is 0. The molecule has 122 valence electrons. The first kappa shape index (κ1) is 16.1. The van der Waals surface area contributed by atoms with Crippen LogP contribution in [-0.4, -0.2) is 21.3 Å². The molecule has 3 rings (SSSR count). The molecule has 0 aliphatic carbocycles. The van der Waals surface area contributed by atoms with Crippen LogP contribution in [-0.2, 0) is 18.4 Å². The second-order valence-corrected chi connectivity index (χ2v) is 6.23. The third kappa shape index (κ3) is 3.44. The largest absolute Gasteiger partial charge is 0.454 e. The summed E-state index contributed by atoms with van der Waals surface area (Å²) in [5.41, 5.74) is 2.57. The summed E-state index contributed by atoms with van der Waals surface area (Å²) in [5, 5.41) is 2.76. The maximum atomic E-state index is 12.2. The first-order valence-corrected chi connectivity index (χ1v) is 8.27. The molecule has 1 aromatic carbocycles. The number of ketones is 1. The zero-order chi connectivity index (χ0) is 17.1. The van der Waals surface area contributed by atoms with Crippen LogP contribution in [0.3, 0.4) is 0 Å². The zero-order valence-electron chi connectivity index (χ0n) is 13.4. The molecule has 0 fully saturated rings. The molecule has 0 radical (unpaired) electrons. The van der Waals surface area contributed by atoms with Gasteiger partial charge in [-0.1, -0.05) is 30.3 Å². The summed E-state index contributed by atoms with van der Waals surface area (Å²) in [5.74, 6) is -0.559. The predicted octanol–water partition coefficient (Wildman–Crippen LogP) is 3.71. The van der Waals surface area contributed by atoms with E-state index in [1.807, 2.05) is 35.7 Å². The van der Waals surface area contributed by atoms with Crippen LogP contribution >= 0.6 is 11.3 Å². The summed E-state index contributed by atoms with van der Waals surface area (Å²) in [6.07, 6.45) is 1.62. The number of aryl methyl sites for hydroxylation is 1. The topological polar surface area (TPSA) is 61.2 Å². The summed E-state index contributed by atoms with van der Waals surface area (Å²) >= 11 is 1.51. The number of hydrogen-bond acceptors (Lipinski definition) is 5. The number of Topliss-reactive ketones (excluding diaryl/α,β-unsaturated/α-hetero) is 1. The fourth-order valence-corrected chi connectivity index (χ4v) is 3.07. The van der Waals surface area contributed by atoms with Gasteiger partial charge < -0.3 is 9.30 Å². The minimum atomic E-state index is -0.473. The van der Waals surface area contributed by atoms with Crippen molar-refractivity contribution in [3.05, 3.63) is 64.9 Å². The Morgan fingerprint density at radius 3 is 2.67 bits per heavy atom. The first-order chi connectivity index (χ1) is 11.5. The molecular formula is C18H16N2O3S. The fraction of sp³-hybridized carbons (Fsp3) is 0.167. The van der Waals surface area contributed by atoms with Crippen molar-refractivity contribution in [1.29, 1.82) is 0 Å². The molecule has 0 saturated heterocycles. The summed E-state index contributed by atoms with van der Waals surface area (Å²) in [4.78, 5) is 28.0. The normalized spacial score (nSPS) is 10.6. The first-order valence-electron chi connectivity index (χ1n) is 7.39. The van der Waals surface area contributed by atoms with E-state index >= 15 is 0 Å². The minimum absolute atomic E-state index is 0.0864. The van der Waals surface area contributed by atoms with Crippen LogP contribution < -0.4 is 0 Å². The third-order valence-corrected chi connectivity index (χ3v) is 4.48. The summed E-state index contributed by atoms with van der Waals surface area (Å²) < 4.78 is 6.90. The molecule has 0 amide bonds. The average molecular weight is 340 g/mol. The number of carbonyl (C=O) groups excluding carboxylic acids is 2. The molecular weight excluding hydrogens is 324 g/mol. The van der Waals surface area contributed by atoms with Crippen molar-refractivity contribution in [1.82, 2.24) is 9.55 Å².